The Morgan fingerprint density at radius 1 is 1.10 bits per heavy atom. The van der Waals surface area contributed by atoms with E-state index in [9.17, 15) is 36.6 Å². The quantitative estimate of drug-likeness (QED) is 0.218. The second kappa shape index (κ2) is 13.2. The monoisotopic (exact) mass is 733 g/mol. The molecule has 1 amide bonds. The van der Waals surface area contributed by atoms with Gasteiger partial charge in [-0.2, -0.15) is 13.2 Å². The molecule has 3 saturated carbocycles. The first-order valence-corrected chi connectivity index (χ1v) is 17.9. The van der Waals surface area contributed by atoms with Crippen molar-refractivity contribution in [1.29, 1.82) is 0 Å². The van der Waals surface area contributed by atoms with Crippen molar-refractivity contribution in [2.45, 2.75) is 95.1 Å². The van der Waals surface area contributed by atoms with Gasteiger partial charge in [0.15, 0.2) is 11.5 Å². The highest BCUT2D eigenvalue weighted by Crippen LogP contribution is 2.50. The van der Waals surface area contributed by atoms with Gasteiger partial charge >= 0.3 is 12.1 Å². The molecule has 7 rings (SSSR count). The molecular formula is C37H44F5N5O5. The van der Waals surface area contributed by atoms with Gasteiger partial charge in [0.05, 0.1) is 36.8 Å². The molecule has 4 aliphatic rings. The lowest BCUT2D eigenvalue weighted by atomic mass is 9.56. The van der Waals surface area contributed by atoms with E-state index in [4.69, 9.17) is 9.47 Å². The molecule has 5 unspecified atom stereocenters. The van der Waals surface area contributed by atoms with Crippen LogP contribution in [-0.2, 0) is 15.7 Å². The minimum absolute atomic E-state index is 0.0413. The average Bonchev–Trinajstić information content (AvgIpc) is 3.41. The SMILES string of the molecule is COC[C@H](C)n1cc(-c2ncc(C(=O)NC3(C(=O)O)C(C)CC4CC(C)CC3C4)c(C(F)(F)F)n2)c2ccc(O[C@H]3C[C@@H](N4CC(F)(F)C4)C3)cc21. The van der Waals surface area contributed by atoms with E-state index in [-0.39, 0.29) is 55.2 Å². The fourth-order valence-electron chi connectivity index (χ4n) is 9.31. The smallest absolute Gasteiger partial charge is 0.434 e. The number of amides is 1. The highest BCUT2D eigenvalue weighted by Gasteiger charge is 2.57. The number of likely N-dealkylation sites (tertiary alicyclic amines) is 1. The van der Waals surface area contributed by atoms with Crippen LogP contribution in [0.1, 0.15) is 81.4 Å². The van der Waals surface area contributed by atoms with Gasteiger partial charge in [0, 0.05) is 55.4 Å². The van der Waals surface area contributed by atoms with Crippen LogP contribution in [0.5, 0.6) is 5.75 Å². The molecule has 282 valence electrons. The number of fused-ring (bicyclic) bond motifs is 3. The number of carboxylic acid groups (broad SMARTS) is 1. The Balaban J connectivity index is 1.19. The van der Waals surface area contributed by atoms with Crippen molar-refractivity contribution in [3.05, 3.63) is 41.9 Å². The Morgan fingerprint density at radius 2 is 1.83 bits per heavy atom. The number of alkyl halides is 5. The van der Waals surface area contributed by atoms with Crippen molar-refractivity contribution in [2.24, 2.45) is 23.7 Å². The summed E-state index contributed by atoms with van der Waals surface area (Å²) >= 11 is 0. The van der Waals surface area contributed by atoms with Crippen molar-refractivity contribution < 1.29 is 46.1 Å². The molecule has 4 fully saturated rings. The molecule has 2 bridgehead atoms. The maximum atomic E-state index is 14.7. The number of nitrogens with zero attached hydrogens (tertiary/aromatic N) is 4. The number of halogens is 5. The van der Waals surface area contributed by atoms with Gasteiger partial charge in [-0.1, -0.05) is 13.8 Å². The highest BCUT2D eigenvalue weighted by molar-refractivity contribution is 6.00. The van der Waals surface area contributed by atoms with Gasteiger partial charge < -0.3 is 24.5 Å². The van der Waals surface area contributed by atoms with Gasteiger partial charge in [-0.15, -0.1) is 0 Å². The lowest BCUT2D eigenvalue weighted by Gasteiger charge is -2.52. The number of hydrogen-bond donors (Lipinski definition) is 2. The zero-order chi connectivity index (χ0) is 37.3. The second-order valence-corrected chi connectivity index (χ2v) is 15.7. The highest BCUT2D eigenvalue weighted by atomic mass is 19.4. The number of methoxy groups -OCH3 is 1. The zero-order valence-electron chi connectivity index (χ0n) is 29.6. The maximum absolute atomic E-state index is 14.7. The Kier molecular flexibility index (Phi) is 9.28. The molecule has 2 N–H and O–H groups in total. The van der Waals surface area contributed by atoms with Gasteiger partial charge in [-0.05, 0) is 68.4 Å². The first-order chi connectivity index (χ1) is 24.5. The number of nitrogens with one attached hydrogen (secondary N) is 1. The van der Waals surface area contributed by atoms with E-state index >= 15 is 0 Å². The third kappa shape index (κ3) is 6.52. The van der Waals surface area contributed by atoms with Crippen LogP contribution in [0.25, 0.3) is 22.3 Å². The molecule has 0 radical (unpaired) electrons. The van der Waals surface area contributed by atoms with Gasteiger partial charge in [-0.3, -0.25) is 9.69 Å². The third-order valence-corrected chi connectivity index (χ3v) is 11.8. The molecule has 1 aliphatic heterocycles. The number of rotatable bonds is 10. The number of benzene rings is 1. The van der Waals surface area contributed by atoms with Crippen LogP contribution < -0.4 is 10.1 Å². The predicted molar refractivity (Wildman–Crippen MR) is 180 cm³/mol. The summed E-state index contributed by atoms with van der Waals surface area (Å²) in [6.45, 7) is 5.47. The fourth-order valence-corrected chi connectivity index (χ4v) is 9.31. The van der Waals surface area contributed by atoms with Gasteiger partial charge in [0.2, 0.25) is 0 Å². The minimum Gasteiger partial charge on any atom is -0.490 e. The Bertz CT molecular complexity index is 1850. The van der Waals surface area contributed by atoms with Crippen LogP contribution in [0.4, 0.5) is 22.0 Å². The molecule has 1 aromatic carbocycles. The van der Waals surface area contributed by atoms with E-state index < -0.39 is 52.6 Å². The lowest BCUT2D eigenvalue weighted by molar-refractivity contribution is -0.165. The van der Waals surface area contributed by atoms with E-state index in [0.29, 0.717) is 54.7 Å². The number of carboxylic acids is 1. The normalized spacial score (nSPS) is 30.6. The molecule has 0 spiro atoms. The summed E-state index contributed by atoms with van der Waals surface area (Å²) in [6.07, 6.45) is 1.12. The summed E-state index contributed by atoms with van der Waals surface area (Å²) in [6, 6.07) is 4.97. The van der Waals surface area contributed by atoms with Crippen LogP contribution in [0.2, 0.25) is 0 Å². The number of aliphatic carboxylic acids is 1. The molecule has 1 saturated heterocycles. The first-order valence-electron chi connectivity index (χ1n) is 17.9. The molecule has 3 aromatic rings. The van der Waals surface area contributed by atoms with Crippen LogP contribution in [0, 0.1) is 23.7 Å². The summed E-state index contributed by atoms with van der Waals surface area (Å²) in [5, 5.41) is 13.6. The minimum atomic E-state index is -5.06. The molecule has 3 aliphatic carbocycles. The summed E-state index contributed by atoms with van der Waals surface area (Å²) in [5.74, 6) is -5.19. The van der Waals surface area contributed by atoms with E-state index in [1.54, 1.807) is 36.2 Å². The molecule has 52 heavy (non-hydrogen) atoms. The van der Waals surface area contributed by atoms with Crippen molar-refractivity contribution in [2.75, 3.05) is 26.8 Å². The Hall–Kier alpha value is -3.85. The number of carbonyl (C=O) groups excluding carboxylic acids is 1. The molecule has 3 heterocycles. The third-order valence-electron chi connectivity index (χ3n) is 11.8. The molecule has 10 nitrogen and oxygen atoms in total. The molecular weight excluding hydrogens is 689 g/mol. The topological polar surface area (TPSA) is 119 Å². The fraction of sp³-hybridized carbons (Fsp3) is 0.622. The van der Waals surface area contributed by atoms with E-state index in [1.807, 2.05) is 18.4 Å². The predicted octanol–water partition coefficient (Wildman–Crippen LogP) is 6.83. The number of aromatic nitrogens is 3. The van der Waals surface area contributed by atoms with Crippen molar-refractivity contribution >= 4 is 22.8 Å². The number of ether oxygens (including phenoxy) is 2. The van der Waals surface area contributed by atoms with Crippen molar-refractivity contribution in [1.82, 2.24) is 24.8 Å². The molecule has 6 atom stereocenters. The number of hydrogen-bond acceptors (Lipinski definition) is 7. The van der Waals surface area contributed by atoms with Gasteiger partial charge in [0.25, 0.3) is 11.8 Å². The van der Waals surface area contributed by atoms with E-state index in [1.165, 1.54) is 7.11 Å². The largest absolute Gasteiger partial charge is 0.490 e. The van der Waals surface area contributed by atoms with Crippen LogP contribution in [0.15, 0.2) is 30.6 Å². The second-order valence-electron chi connectivity index (χ2n) is 15.7. The standard InChI is InChI=1S/C37H44F5N5O5/c1-19-7-22-9-20(2)36(34(49)50,23(8-19)10-22)45-33(48)28-14-43-32(44-31(28)37(40,41)42)29-15-47(21(3)16-51-4)30-13-25(5-6-27(29)30)52-26-11-24(12-26)46-17-35(38,39)18-46/h5-6,13-15,19-24,26H,7-12,16-18H2,1-4H3,(H,45,48)(H,49,50)/t19?,20?,21-,22?,23?,24-,26+,36?/m0/s1. The first kappa shape index (κ1) is 36.5. The van der Waals surface area contributed by atoms with E-state index in [2.05, 4.69) is 15.3 Å². The van der Waals surface area contributed by atoms with Crippen molar-refractivity contribution in [3.8, 4) is 17.1 Å². The average molecular weight is 734 g/mol. The van der Waals surface area contributed by atoms with E-state index in [0.717, 1.165) is 12.6 Å². The summed E-state index contributed by atoms with van der Waals surface area (Å²) in [5.41, 5.74) is -3.11. The summed E-state index contributed by atoms with van der Waals surface area (Å²) < 4.78 is 84.1. The zero-order valence-corrected chi connectivity index (χ0v) is 29.6. The van der Waals surface area contributed by atoms with Crippen LogP contribution in [-0.4, -0.2) is 86.8 Å². The van der Waals surface area contributed by atoms with Gasteiger partial charge in [0.1, 0.15) is 17.4 Å². The number of carbonyl (C=O) groups is 2. The van der Waals surface area contributed by atoms with Crippen LogP contribution in [0.3, 0.4) is 0 Å². The van der Waals surface area contributed by atoms with Crippen molar-refractivity contribution in [3.63, 3.8) is 0 Å². The van der Waals surface area contributed by atoms with Gasteiger partial charge in [-0.25, -0.2) is 23.5 Å². The Morgan fingerprint density at radius 3 is 2.48 bits per heavy atom. The Labute approximate surface area is 298 Å². The molecule has 15 heteroatoms. The van der Waals surface area contributed by atoms with Crippen LogP contribution >= 0.6 is 0 Å². The lowest BCUT2D eigenvalue weighted by Crippen LogP contribution is -2.66. The summed E-state index contributed by atoms with van der Waals surface area (Å²) in [4.78, 5) is 36.5. The maximum Gasteiger partial charge on any atom is 0.434 e. The molecule has 2 aromatic heterocycles. The summed E-state index contributed by atoms with van der Waals surface area (Å²) in [7, 11) is 1.54.